The summed E-state index contributed by atoms with van der Waals surface area (Å²) in [6, 6.07) is 28.8. The van der Waals surface area contributed by atoms with Crippen LogP contribution in [-0.4, -0.2) is 0 Å². The third-order valence-corrected chi connectivity index (χ3v) is 8.40. The summed E-state index contributed by atoms with van der Waals surface area (Å²) in [6.45, 7) is 9.03. The number of hydrogen-bond acceptors (Lipinski definition) is 2. The molecule has 1 aromatic heterocycles. The van der Waals surface area contributed by atoms with Gasteiger partial charge in [0.25, 0.3) is 0 Å². The summed E-state index contributed by atoms with van der Waals surface area (Å²) in [4.78, 5) is 0. The molecule has 162 valence electrons. The van der Waals surface area contributed by atoms with E-state index in [0.717, 1.165) is 0 Å². The Bertz CT molecular complexity index is 1560. The predicted molar refractivity (Wildman–Crippen MR) is 145 cm³/mol. The second kappa shape index (κ2) is 7.60. The molecular formula is C31H27NS. The number of allylic oxidation sites excluding steroid dienone is 1. The van der Waals surface area contributed by atoms with Gasteiger partial charge in [0.15, 0.2) is 0 Å². The first-order valence-corrected chi connectivity index (χ1v) is 12.4. The van der Waals surface area contributed by atoms with Crippen molar-refractivity contribution in [1.29, 1.82) is 0 Å². The molecule has 0 spiro atoms. The van der Waals surface area contributed by atoms with E-state index in [4.69, 9.17) is 0 Å². The summed E-state index contributed by atoms with van der Waals surface area (Å²) in [7, 11) is 0. The molecule has 0 saturated carbocycles. The number of rotatable bonds is 3. The minimum Gasteiger partial charge on any atom is -0.355 e. The summed E-state index contributed by atoms with van der Waals surface area (Å²) in [5.74, 6) is 0.393. The summed E-state index contributed by atoms with van der Waals surface area (Å²) >= 11 is 1.91. The van der Waals surface area contributed by atoms with Crippen LogP contribution in [0, 0.1) is 13.8 Å². The molecule has 2 heteroatoms. The van der Waals surface area contributed by atoms with Crippen LogP contribution in [0.15, 0.2) is 84.4 Å². The number of benzene rings is 4. The van der Waals surface area contributed by atoms with Gasteiger partial charge in [-0.15, -0.1) is 11.3 Å². The van der Waals surface area contributed by atoms with Crippen LogP contribution in [0.4, 0.5) is 11.4 Å². The first-order chi connectivity index (χ1) is 16.0. The zero-order valence-electron chi connectivity index (χ0n) is 19.5. The Morgan fingerprint density at radius 2 is 1.42 bits per heavy atom. The molecule has 1 atom stereocenters. The summed E-state index contributed by atoms with van der Waals surface area (Å²) < 4.78 is 2.76. The molecule has 1 nitrogen and oxygen atoms in total. The van der Waals surface area contributed by atoms with Crippen LogP contribution in [0.2, 0.25) is 0 Å². The van der Waals surface area contributed by atoms with Gasteiger partial charge in [-0.1, -0.05) is 73.2 Å². The molecule has 1 heterocycles. The zero-order valence-corrected chi connectivity index (χ0v) is 20.3. The molecule has 0 amide bonds. The molecule has 1 N–H and O–H groups in total. The third kappa shape index (κ3) is 3.05. The lowest BCUT2D eigenvalue weighted by atomic mass is 9.93. The van der Waals surface area contributed by atoms with Gasteiger partial charge in [0.05, 0.1) is 0 Å². The Labute approximate surface area is 199 Å². The monoisotopic (exact) mass is 445 g/mol. The smallest absolute Gasteiger partial charge is 0.0464 e. The second-order valence-corrected chi connectivity index (χ2v) is 10.3. The van der Waals surface area contributed by atoms with Gasteiger partial charge >= 0.3 is 0 Å². The van der Waals surface area contributed by atoms with E-state index in [1.54, 1.807) is 0 Å². The summed E-state index contributed by atoms with van der Waals surface area (Å²) in [5.41, 5.74) is 11.9. The van der Waals surface area contributed by atoms with Crippen molar-refractivity contribution in [1.82, 2.24) is 0 Å². The van der Waals surface area contributed by atoms with Crippen LogP contribution < -0.4 is 5.32 Å². The van der Waals surface area contributed by atoms with Crippen molar-refractivity contribution >= 4 is 48.5 Å². The van der Waals surface area contributed by atoms with Crippen LogP contribution in [0.25, 0.3) is 25.7 Å². The lowest BCUT2D eigenvalue weighted by Gasteiger charge is -2.18. The van der Waals surface area contributed by atoms with Crippen molar-refractivity contribution < 1.29 is 0 Å². The number of para-hydroxylation sites is 2. The van der Waals surface area contributed by atoms with Gasteiger partial charge in [0.1, 0.15) is 0 Å². The number of anilines is 2. The van der Waals surface area contributed by atoms with E-state index in [9.17, 15) is 0 Å². The van der Waals surface area contributed by atoms with Crippen LogP contribution in [0.1, 0.15) is 47.6 Å². The van der Waals surface area contributed by atoms with Crippen molar-refractivity contribution in [3.05, 3.63) is 112 Å². The third-order valence-electron chi connectivity index (χ3n) is 7.27. The molecular weight excluding hydrogens is 418 g/mol. The number of thiophene rings is 1. The average Bonchev–Trinajstić information content (AvgIpc) is 3.32. The molecule has 1 aliphatic carbocycles. The first-order valence-electron chi connectivity index (χ1n) is 11.6. The highest BCUT2D eigenvalue weighted by molar-refractivity contribution is 7.25. The van der Waals surface area contributed by atoms with Crippen LogP contribution in [-0.2, 0) is 0 Å². The Morgan fingerprint density at radius 1 is 0.697 bits per heavy atom. The van der Waals surface area contributed by atoms with Gasteiger partial charge in [-0.05, 0) is 66.8 Å². The molecule has 1 unspecified atom stereocenters. The fraction of sp³-hybridized carbons (Fsp3) is 0.161. The van der Waals surface area contributed by atoms with Crippen LogP contribution in [0.5, 0.6) is 0 Å². The van der Waals surface area contributed by atoms with E-state index in [0.29, 0.717) is 5.92 Å². The highest BCUT2D eigenvalue weighted by Gasteiger charge is 2.30. The highest BCUT2D eigenvalue weighted by Crippen LogP contribution is 2.51. The molecule has 0 saturated heterocycles. The molecule has 0 aliphatic heterocycles. The summed E-state index contributed by atoms with van der Waals surface area (Å²) in [5, 5.41) is 6.61. The maximum absolute atomic E-state index is 3.78. The van der Waals surface area contributed by atoms with Crippen LogP contribution >= 0.6 is 11.3 Å². The maximum atomic E-state index is 3.78. The largest absolute Gasteiger partial charge is 0.355 e. The molecule has 1 aliphatic rings. The molecule has 0 radical (unpaired) electrons. The molecule has 5 aromatic rings. The van der Waals surface area contributed by atoms with Gasteiger partial charge < -0.3 is 5.32 Å². The van der Waals surface area contributed by atoms with Crippen molar-refractivity contribution in [2.24, 2.45) is 0 Å². The minimum absolute atomic E-state index is 0.393. The van der Waals surface area contributed by atoms with Crippen molar-refractivity contribution in [2.45, 2.75) is 33.6 Å². The Balaban J connectivity index is 1.56. The topological polar surface area (TPSA) is 12.0 Å². The normalized spacial score (nSPS) is 15.5. The number of hydrogen-bond donors (Lipinski definition) is 1. The lowest BCUT2D eigenvalue weighted by molar-refractivity contribution is 0.931. The van der Waals surface area contributed by atoms with E-state index < -0.39 is 0 Å². The van der Waals surface area contributed by atoms with Gasteiger partial charge in [-0.2, -0.15) is 0 Å². The highest BCUT2D eigenvalue weighted by atomic mass is 32.1. The predicted octanol–water partition coefficient (Wildman–Crippen LogP) is 9.35. The van der Waals surface area contributed by atoms with E-state index in [1.165, 1.54) is 70.5 Å². The fourth-order valence-corrected chi connectivity index (χ4v) is 6.59. The zero-order chi connectivity index (χ0) is 22.7. The van der Waals surface area contributed by atoms with Crippen LogP contribution in [0.3, 0.4) is 0 Å². The summed E-state index contributed by atoms with van der Waals surface area (Å²) in [6.07, 6.45) is 0. The quantitative estimate of drug-likeness (QED) is 0.292. The van der Waals surface area contributed by atoms with E-state index in [-0.39, 0.29) is 0 Å². The average molecular weight is 446 g/mol. The number of nitrogens with one attached hydrogen (secondary N) is 1. The first kappa shape index (κ1) is 20.3. The Kier molecular flexibility index (Phi) is 4.67. The van der Waals surface area contributed by atoms with Gasteiger partial charge in [0.2, 0.25) is 0 Å². The fourth-order valence-electron chi connectivity index (χ4n) is 5.47. The van der Waals surface area contributed by atoms with E-state index >= 15 is 0 Å². The Morgan fingerprint density at radius 3 is 2.24 bits per heavy atom. The van der Waals surface area contributed by atoms with Gasteiger partial charge in [-0.25, -0.2) is 0 Å². The maximum Gasteiger partial charge on any atom is 0.0464 e. The molecule has 0 bridgehead atoms. The lowest BCUT2D eigenvalue weighted by Crippen LogP contribution is -2.00. The van der Waals surface area contributed by atoms with E-state index in [1.807, 2.05) is 11.3 Å². The molecule has 6 rings (SSSR count). The number of aryl methyl sites for hydroxylation is 2. The van der Waals surface area contributed by atoms with Gasteiger partial charge in [-0.3, -0.25) is 0 Å². The van der Waals surface area contributed by atoms with Crippen molar-refractivity contribution in [3.8, 4) is 0 Å². The molecule has 33 heavy (non-hydrogen) atoms. The van der Waals surface area contributed by atoms with Crippen molar-refractivity contribution in [3.63, 3.8) is 0 Å². The second-order valence-electron chi connectivity index (χ2n) is 9.22. The standard InChI is InChI=1S/C31H27NS/c1-18-10-9-11-19(2)31(18)32-25-14-7-5-12-22(25)28-20(3)21(4)29-24(28)16-17-27-30(29)23-13-6-8-15-26(23)33-27/h5-17,21,32H,1-4H3. The molecule has 4 aromatic carbocycles. The van der Waals surface area contributed by atoms with E-state index in [2.05, 4.69) is 112 Å². The SMILES string of the molecule is CC1=C(c2ccccc2Nc2c(C)cccc2C)c2ccc3sc4ccccc4c3c2C1C. The Hall–Kier alpha value is -3.36. The van der Waals surface area contributed by atoms with Gasteiger partial charge in [0, 0.05) is 43.0 Å². The minimum atomic E-state index is 0.393. The number of fused-ring (bicyclic) bond motifs is 5. The van der Waals surface area contributed by atoms with Crippen molar-refractivity contribution in [2.75, 3.05) is 5.32 Å². The molecule has 0 fully saturated rings.